The van der Waals surface area contributed by atoms with E-state index in [-0.39, 0.29) is 43.9 Å². The van der Waals surface area contributed by atoms with E-state index >= 15 is 0 Å². The third-order valence-corrected chi connectivity index (χ3v) is 7.71. The van der Waals surface area contributed by atoms with E-state index in [9.17, 15) is 9.59 Å². The predicted molar refractivity (Wildman–Crippen MR) is 159 cm³/mol. The lowest BCUT2D eigenvalue weighted by Gasteiger charge is -2.32. The van der Waals surface area contributed by atoms with Crippen molar-refractivity contribution < 1.29 is 24.2 Å². The topological polar surface area (TPSA) is 72.8 Å². The highest BCUT2D eigenvalue weighted by atomic mass is 16.5. The minimum atomic E-state index is -0.387. The number of carbonyl (C=O) groups excluding carboxylic acids is 2. The van der Waals surface area contributed by atoms with Crippen molar-refractivity contribution in [2.45, 2.75) is 84.5 Å². The van der Waals surface area contributed by atoms with Crippen molar-refractivity contribution in [2.75, 3.05) is 26.4 Å². The number of hydrogen-bond donors (Lipinski definition) is 1. The summed E-state index contributed by atoms with van der Waals surface area (Å²) >= 11 is 0. The largest absolute Gasteiger partial charge is 0.462 e. The van der Waals surface area contributed by atoms with Gasteiger partial charge in [0.25, 0.3) is 0 Å². The first-order valence-corrected chi connectivity index (χ1v) is 14.8. The molecular formula is C34H50O5. The summed E-state index contributed by atoms with van der Waals surface area (Å²) in [5.41, 5.74) is 3.41. The number of ether oxygens (including phenoxy) is 2. The van der Waals surface area contributed by atoms with Crippen LogP contribution >= 0.6 is 0 Å². The third kappa shape index (κ3) is 12.9. The standard InChI is InChI=1S/C34H50O5/c1-5-6-7-8-9-10-28-11-13-29(14-12-28)15-16-30-17-19-31(20-18-30)32(25-39-34(37)26(2)3)24-38-23-27(4)33(36)21-22-35/h11-16,30-32,35H,2,4-10,17-25H2,1,3H3/b16-15+. The Kier molecular flexibility index (Phi) is 15.7. The summed E-state index contributed by atoms with van der Waals surface area (Å²) in [5, 5.41) is 8.96. The van der Waals surface area contributed by atoms with E-state index in [0.717, 1.165) is 32.1 Å². The number of allylic oxidation sites excluding steroid dienone is 1. The van der Waals surface area contributed by atoms with Crippen molar-refractivity contribution in [2.24, 2.45) is 17.8 Å². The van der Waals surface area contributed by atoms with Gasteiger partial charge in [-0.05, 0) is 68.4 Å². The third-order valence-electron chi connectivity index (χ3n) is 7.71. The molecule has 5 heteroatoms. The van der Waals surface area contributed by atoms with Gasteiger partial charge in [-0.2, -0.15) is 0 Å². The molecule has 0 amide bonds. The lowest BCUT2D eigenvalue weighted by Crippen LogP contribution is -2.30. The van der Waals surface area contributed by atoms with Crippen molar-refractivity contribution in [3.05, 3.63) is 65.8 Å². The molecule has 0 saturated heterocycles. The number of Topliss-reactive ketones (excluding diaryl/α,β-unsaturated/α-hetero) is 1. The lowest BCUT2D eigenvalue weighted by molar-refractivity contribution is -0.141. The smallest absolute Gasteiger partial charge is 0.333 e. The van der Waals surface area contributed by atoms with E-state index in [4.69, 9.17) is 14.6 Å². The highest BCUT2D eigenvalue weighted by Gasteiger charge is 2.28. The summed E-state index contributed by atoms with van der Waals surface area (Å²) in [6.45, 7) is 11.9. The van der Waals surface area contributed by atoms with E-state index in [2.05, 4.69) is 56.5 Å². The molecule has 5 nitrogen and oxygen atoms in total. The summed E-state index contributed by atoms with van der Waals surface area (Å²) in [5.74, 6) is 0.391. The molecular weight excluding hydrogens is 488 g/mol. The molecule has 1 fully saturated rings. The molecule has 1 aromatic rings. The molecule has 1 aliphatic carbocycles. The summed E-state index contributed by atoms with van der Waals surface area (Å²) in [7, 11) is 0. The van der Waals surface area contributed by atoms with Gasteiger partial charge in [-0.3, -0.25) is 4.79 Å². The average molecular weight is 539 g/mol. The Hall–Kier alpha value is -2.50. The Morgan fingerprint density at radius 3 is 2.36 bits per heavy atom. The Morgan fingerprint density at radius 1 is 1.03 bits per heavy atom. The fraction of sp³-hybridized carbons (Fsp3) is 0.588. The summed E-state index contributed by atoms with van der Waals surface area (Å²) in [6.07, 6.45) is 16.6. The van der Waals surface area contributed by atoms with Gasteiger partial charge in [-0.15, -0.1) is 0 Å². The molecule has 1 atom stereocenters. The van der Waals surface area contributed by atoms with Crippen LogP contribution in [0.15, 0.2) is 54.6 Å². The molecule has 0 spiro atoms. The number of unbranched alkanes of at least 4 members (excludes halogenated alkanes) is 4. The molecule has 1 saturated carbocycles. The average Bonchev–Trinajstić information content (AvgIpc) is 2.94. The SMILES string of the molecule is C=C(C)C(=O)OCC(COCC(=C)C(=O)CCO)C1CCC(/C=C/c2ccc(CCCCCCC)cc2)CC1. The molecule has 0 aromatic heterocycles. The summed E-state index contributed by atoms with van der Waals surface area (Å²) < 4.78 is 11.3. The van der Waals surface area contributed by atoms with Crippen LogP contribution in [-0.2, 0) is 25.5 Å². The Bertz CT molecular complexity index is 921. The van der Waals surface area contributed by atoms with E-state index in [1.165, 1.54) is 43.2 Å². The maximum absolute atomic E-state index is 12.0. The van der Waals surface area contributed by atoms with E-state index < -0.39 is 0 Å². The molecule has 0 bridgehead atoms. The number of rotatable bonds is 19. The fourth-order valence-electron chi connectivity index (χ4n) is 5.10. The van der Waals surface area contributed by atoms with Crippen LogP contribution in [0.4, 0.5) is 0 Å². The van der Waals surface area contributed by atoms with Gasteiger partial charge in [-0.1, -0.05) is 82.2 Å². The molecule has 1 unspecified atom stereocenters. The van der Waals surface area contributed by atoms with E-state index in [1.54, 1.807) is 6.92 Å². The summed E-state index contributed by atoms with van der Waals surface area (Å²) in [4.78, 5) is 23.9. The molecule has 2 rings (SSSR count). The Labute approximate surface area is 236 Å². The number of hydrogen-bond acceptors (Lipinski definition) is 5. The molecule has 1 aliphatic rings. The zero-order valence-corrected chi connectivity index (χ0v) is 24.3. The second-order valence-electron chi connectivity index (χ2n) is 11.1. The van der Waals surface area contributed by atoms with Crippen molar-refractivity contribution in [1.29, 1.82) is 0 Å². The second-order valence-corrected chi connectivity index (χ2v) is 11.1. The van der Waals surface area contributed by atoms with Gasteiger partial charge < -0.3 is 14.6 Å². The lowest BCUT2D eigenvalue weighted by atomic mass is 9.76. The molecule has 0 radical (unpaired) electrons. The van der Waals surface area contributed by atoms with Crippen LogP contribution in [0.2, 0.25) is 0 Å². The second kappa shape index (κ2) is 18.7. The zero-order chi connectivity index (χ0) is 28.5. The van der Waals surface area contributed by atoms with Gasteiger partial charge in [0.15, 0.2) is 5.78 Å². The van der Waals surface area contributed by atoms with E-state index in [0.29, 0.717) is 29.6 Å². The number of aryl methyl sites for hydroxylation is 1. The normalized spacial score (nSPS) is 18.1. The Morgan fingerprint density at radius 2 is 1.72 bits per heavy atom. The first-order chi connectivity index (χ1) is 18.8. The number of benzene rings is 1. The first kappa shape index (κ1) is 32.7. The van der Waals surface area contributed by atoms with Crippen LogP contribution in [0.1, 0.15) is 89.2 Å². The Balaban J connectivity index is 1.83. The van der Waals surface area contributed by atoms with Crippen molar-refractivity contribution >= 4 is 17.8 Å². The van der Waals surface area contributed by atoms with Gasteiger partial charge in [0.2, 0.25) is 0 Å². The maximum Gasteiger partial charge on any atom is 0.333 e. The van der Waals surface area contributed by atoms with Crippen LogP contribution < -0.4 is 0 Å². The van der Waals surface area contributed by atoms with Gasteiger partial charge in [0.1, 0.15) is 0 Å². The molecule has 216 valence electrons. The highest BCUT2D eigenvalue weighted by Crippen LogP contribution is 2.35. The van der Waals surface area contributed by atoms with Crippen molar-refractivity contribution in [3.63, 3.8) is 0 Å². The molecule has 0 heterocycles. The number of esters is 1. The van der Waals surface area contributed by atoms with Crippen LogP contribution in [0, 0.1) is 17.8 Å². The zero-order valence-electron chi connectivity index (χ0n) is 24.3. The maximum atomic E-state index is 12.0. The predicted octanol–water partition coefficient (Wildman–Crippen LogP) is 7.28. The molecule has 1 N–H and O–H groups in total. The highest BCUT2D eigenvalue weighted by molar-refractivity contribution is 5.94. The first-order valence-electron chi connectivity index (χ1n) is 14.8. The van der Waals surface area contributed by atoms with Crippen LogP contribution in [0.3, 0.4) is 0 Å². The minimum absolute atomic E-state index is 0.0495. The quantitative estimate of drug-likeness (QED) is 0.114. The van der Waals surface area contributed by atoms with Crippen LogP contribution in [-0.4, -0.2) is 43.3 Å². The van der Waals surface area contributed by atoms with Gasteiger partial charge in [-0.25, -0.2) is 4.79 Å². The number of aliphatic hydroxyl groups excluding tert-OH is 1. The molecule has 0 aliphatic heterocycles. The van der Waals surface area contributed by atoms with Crippen LogP contribution in [0.25, 0.3) is 6.08 Å². The van der Waals surface area contributed by atoms with Gasteiger partial charge in [0, 0.05) is 23.5 Å². The monoisotopic (exact) mass is 538 g/mol. The number of carbonyl (C=O) groups is 2. The van der Waals surface area contributed by atoms with Crippen molar-refractivity contribution in [1.82, 2.24) is 0 Å². The van der Waals surface area contributed by atoms with E-state index in [1.807, 2.05) is 0 Å². The van der Waals surface area contributed by atoms with Crippen molar-refractivity contribution in [3.8, 4) is 0 Å². The molecule has 1 aromatic carbocycles. The summed E-state index contributed by atoms with van der Waals surface area (Å²) in [6, 6.07) is 8.98. The minimum Gasteiger partial charge on any atom is -0.462 e. The number of aliphatic hydroxyl groups is 1. The number of ketones is 1. The van der Waals surface area contributed by atoms with Gasteiger partial charge in [0.05, 0.1) is 26.4 Å². The van der Waals surface area contributed by atoms with Crippen LogP contribution in [0.5, 0.6) is 0 Å². The fourth-order valence-corrected chi connectivity index (χ4v) is 5.10. The molecule has 39 heavy (non-hydrogen) atoms. The van der Waals surface area contributed by atoms with Gasteiger partial charge >= 0.3 is 5.97 Å².